The molecule has 6 heteroatoms. The number of carbonyl (C=O) groups is 1. The van der Waals surface area contributed by atoms with E-state index >= 15 is 0 Å². The van der Waals surface area contributed by atoms with Crippen molar-refractivity contribution in [3.63, 3.8) is 0 Å². The number of hydrogen-bond acceptors (Lipinski definition) is 3. The molecule has 0 unspecified atom stereocenters. The summed E-state index contributed by atoms with van der Waals surface area (Å²) in [4.78, 5) is 11.2. The lowest BCUT2D eigenvalue weighted by Crippen LogP contribution is -2.48. The molecule has 1 heterocycles. The van der Waals surface area contributed by atoms with E-state index in [1.54, 1.807) is 0 Å². The molecule has 0 bridgehead atoms. The first-order valence-corrected chi connectivity index (χ1v) is 8.38. The van der Waals surface area contributed by atoms with Gasteiger partial charge >= 0.3 is 5.97 Å². The van der Waals surface area contributed by atoms with Crippen LogP contribution in [0.2, 0.25) is 0 Å². The van der Waals surface area contributed by atoms with E-state index < -0.39 is 22.0 Å². The molecule has 5 nitrogen and oxygen atoms in total. The highest BCUT2D eigenvalue weighted by Crippen LogP contribution is 2.21. The van der Waals surface area contributed by atoms with Gasteiger partial charge in [0.15, 0.2) is 0 Å². The number of carboxylic acid groups (broad SMARTS) is 1. The molecule has 1 fully saturated rings. The van der Waals surface area contributed by atoms with E-state index in [-0.39, 0.29) is 5.75 Å². The first-order chi connectivity index (χ1) is 9.50. The maximum Gasteiger partial charge on any atom is 0.322 e. The summed E-state index contributed by atoms with van der Waals surface area (Å²) in [5, 5.41) is 9.15. The molecule has 20 heavy (non-hydrogen) atoms. The molecule has 1 N–H and O–H groups in total. The summed E-state index contributed by atoms with van der Waals surface area (Å²) in [5.74, 6) is -1.09. The summed E-state index contributed by atoms with van der Waals surface area (Å²) in [6.45, 7) is 0.314. The van der Waals surface area contributed by atoms with Crippen LogP contribution in [0.1, 0.15) is 24.8 Å². The Kier molecular flexibility index (Phi) is 4.77. The van der Waals surface area contributed by atoms with Crippen molar-refractivity contribution in [2.45, 2.75) is 31.7 Å². The minimum Gasteiger partial charge on any atom is -0.480 e. The molecule has 110 valence electrons. The van der Waals surface area contributed by atoms with Crippen molar-refractivity contribution in [2.75, 3.05) is 12.3 Å². The van der Waals surface area contributed by atoms with Crippen LogP contribution < -0.4 is 0 Å². The van der Waals surface area contributed by atoms with Crippen LogP contribution in [0.5, 0.6) is 0 Å². The lowest BCUT2D eigenvalue weighted by atomic mass is 10.1. The van der Waals surface area contributed by atoms with Gasteiger partial charge in [-0.15, -0.1) is 0 Å². The van der Waals surface area contributed by atoms with Gasteiger partial charge in [-0.2, -0.15) is 4.31 Å². The summed E-state index contributed by atoms with van der Waals surface area (Å²) in [7, 11) is -3.52. The van der Waals surface area contributed by atoms with E-state index in [9.17, 15) is 13.2 Å². The SMILES string of the molecule is O=C(O)[C@H]1CCCCN1S(=O)(=O)CCc1ccccc1. The monoisotopic (exact) mass is 297 g/mol. The molecule has 1 saturated heterocycles. The van der Waals surface area contributed by atoms with Crippen LogP contribution in [0.4, 0.5) is 0 Å². The molecule has 0 aromatic heterocycles. The van der Waals surface area contributed by atoms with Crippen molar-refractivity contribution in [3.05, 3.63) is 35.9 Å². The summed E-state index contributed by atoms with van der Waals surface area (Å²) in [5.41, 5.74) is 0.944. The van der Waals surface area contributed by atoms with Crippen LogP contribution in [-0.2, 0) is 21.2 Å². The fourth-order valence-corrected chi connectivity index (χ4v) is 4.21. The molecule has 0 saturated carbocycles. The van der Waals surface area contributed by atoms with E-state index in [1.807, 2.05) is 30.3 Å². The normalized spacial score (nSPS) is 20.7. The number of sulfonamides is 1. The third-order valence-electron chi connectivity index (χ3n) is 3.59. The van der Waals surface area contributed by atoms with Crippen LogP contribution in [0, 0.1) is 0 Å². The zero-order valence-corrected chi connectivity index (χ0v) is 12.1. The van der Waals surface area contributed by atoms with Crippen molar-refractivity contribution in [3.8, 4) is 0 Å². The van der Waals surface area contributed by atoms with Crippen LogP contribution in [-0.4, -0.2) is 42.1 Å². The summed E-state index contributed by atoms with van der Waals surface area (Å²) < 4.78 is 25.8. The largest absolute Gasteiger partial charge is 0.480 e. The number of nitrogens with zero attached hydrogens (tertiary/aromatic N) is 1. The van der Waals surface area contributed by atoms with Gasteiger partial charge in [-0.3, -0.25) is 4.79 Å². The number of aryl methyl sites for hydroxylation is 1. The molecule has 0 amide bonds. The number of carboxylic acids is 1. The average Bonchev–Trinajstić information content (AvgIpc) is 2.46. The Labute approximate surface area is 119 Å². The van der Waals surface area contributed by atoms with E-state index in [4.69, 9.17) is 5.11 Å². The minimum absolute atomic E-state index is 0.0409. The molecule has 1 atom stereocenters. The number of aliphatic carboxylic acids is 1. The number of hydrogen-bond donors (Lipinski definition) is 1. The number of rotatable bonds is 5. The van der Waals surface area contributed by atoms with Gasteiger partial charge in [0, 0.05) is 6.54 Å². The Hall–Kier alpha value is -1.40. The fourth-order valence-electron chi connectivity index (χ4n) is 2.49. The summed E-state index contributed by atoms with van der Waals surface area (Å²) in [6, 6.07) is 8.46. The van der Waals surface area contributed by atoms with Gasteiger partial charge in [0.1, 0.15) is 6.04 Å². The molecule has 1 aliphatic heterocycles. The summed E-state index contributed by atoms with van der Waals surface area (Å²) >= 11 is 0. The van der Waals surface area contributed by atoms with Crippen molar-refractivity contribution < 1.29 is 18.3 Å². The Balaban J connectivity index is 2.06. The quantitative estimate of drug-likeness (QED) is 0.893. The zero-order valence-electron chi connectivity index (χ0n) is 11.2. The third kappa shape index (κ3) is 3.58. The highest BCUT2D eigenvalue weighted by molar-refractivity contribution is 7.89. The molecule has 1 aromatic rings. The third-order valence-corrected chi connectivity index (χ3v) is 5.46. The Morgan fingerprint density at radius 1 is 1.25 bits per heavy atom. The highest BCUT2D eigenvalue weighted by Gasteiger charge is 2.36. The molecule has 0 radical (unpaired) electrons. The maximum absolute atomic E-state index is 12.3. The average molecular weight is 297 g/mol. The first-order valence-electron chi connectivity index (χ1n) is 6.77. The highest BCUT2D eigenvalue weighted by atomic mass is 32.2. The van der Waals surface area contributed by atoms with Crippen molar-refractivity contribution >= 4 is 16.0 Å². The van der Waals surface area contributed by atoms with E-state index in [0.29, 0.717) is 19.4 Å². The Morgan fingerprint density at radius 3 is 2.60 bits per heavy atom. The lowest BCUT2D eigenvalue weighted by Gasteiger charge is -2.31. The lowest BCUT2D eigenvalue weighted by molar-refractivity contribution is -0.142. The van der Waals surface area contributed by atoms with Crippen molar-refractivity contribution in [2.24, 2.45) is 0 Å². The number of piperidine rings is 1. The predicted molar refractivity (Wildman–Crippen MR) is 75.9 cm³/mol. The van der Waals surface area contributed by atoms with Gasteiger partial charge in [-0.25, -0.2) is 8.42 Å². The van der Waals surface area contributed by atoms with Crippen LogP contribution in [0.15, 0.2) is 30.3 Å². The Morgan fingerprint density at radius 2 is 1.95 bits per heavy atom. The zero-order chi connectivity index (χ0) is 14.6. The molecule has 2 rings (SSSR count). The molecular formula is C14H19NO4S. The fraction of sp³-hybridized carbons (Fsp3) is 0.500. The van der Waals surface area contributed by atoms with Gasteiger partial charge in [0.25, 0.3) is 0 Å². The second kappa shape index (κ2) is 6.37. The van der Waals surface area contributed by atoms with Crippen molar-refractivity contribution in [1.82, 2.24) is 4.31 Å². The van der Waals surface area contributed by atoms with E-state index in [2.05, 4.69) is 0 Å². The second-order valence-corrected chi connectivity index (χ2v) is 7.05. The van der Waals surface area contributed by atoms with Gasteiger partial charge in [-0.05, 0) is 31.2 Å². The minimum atomic E-state index is -3.52. The van der Waals surface area contributed by atoms with Crippen molar-refractivity contribution in [1.29, 1.82) is 0 Å². The molecule has 1 aliphatic rings. The van der Waals surface area contributed by atoms with Gasteiger partial charge in [-0.1, -0.05) is 30.3 Å². The second-order valence-electron chi connectivity index (χ2n) is 5.01. The molecular weight excluding hydrogens is 278 g/mol. The standard InChI is InChI=1S/C14H19NO4S/c16-14(17)13-8-4-5-10-15(13)20(18,19)11-9-12-6-2-1-3-7-12/h1-3,6-7,13H,4-5,8-11H2,(H,16,17)/t13-/m1/s1. The smallest absolute Gasteiger partial charge is 0.322 e. The van der Waals surface area contributed by atoms with Gasteiger partial charge in [0.2, 0.25) is 10.0 Å². The van der Waals surface area contributed by atoms with E-state index in [1.165, 1.54) is 4.31 Å². The van der Waals surface area contributed by atoms with Crippen LogP contribution >= 0.6 is 0 Å². The topological polar surface area (TPSA) is 74.7 Å². The number of benzene rings is 1. The summed E-state index contributed by atoms with van der Waals surface area (Å²) in [6.07, 6.45) is 2.31. The van der Waals surface area contributed by atoms with Crippen LogP contribution in [0.3, 0.4) is 0 Å². The van der Waals surface area contributed by atoms with Crippen LogP contribution in [0.25, 0.3) is 0 Å². The van der Waals surface area contributed by atoms with Gasteiger partial charge in [0.05, 0.1) is 5.75 Å². The first kappa shape index (κ1) is 15.0. The molecule has 0 spiro atoms. The van der Waals surface area contributed by atoms with E-state index in [0.717, 1.165) is 18.4 Å². The van der Waals surface area contributed by atoms with Gasteiger partial charge < -0.3 is 5.11 Å². The molecule has 0 aliphatic carbocycles. The predicted octanol–water partition coefficient (Wildman–Crippen LogP) is 1.50. The molecule has 1 aromatic carbocycles. The Bertz CT molecular complexity index is 556. The maximum atomic E-state index is 12.3.